The van der Waals surface area contributed by atoms with Crippen LogP contribution in [0.1, 0.15) is 37.8 Å². The normalized spacial score (nSPS) is 47.2. The molecule has 0 aromatic carbocycles. The summed E-state index contributed by atoms with van der Waals surface area (Å²) in [6, 6.07) is -2.14. The summed E-state index contributed by atoms with van der Waals surface area (Å²) in [5.41, 5.74) is 7.76. The Morgan fingerprint density at radius 3 is 2.92 bits per heavy atom. The molecule has 4 nitrogen and oxygen atoms in total. The van der Waals surface area contributed by atoms with Crippen LogP contribution in [0.3, 0.4) is 0 Å². The number of amides is 1. The molecule has 1 unspecified atom stereocenters. The lowest BCUT2D eigenvalue weighted by Gasteiger charge is -2.25. The first kappa shape index (κ1) is 2.80. The molecule has 4 heteroatoms. The van der Waals surface area contributed by atoms with Crippen molar-refractivity contribution >= 4 is 11.7 Å². The monoisotopic (exact) mass is 180 g/mol. The molecule has 0 aromatic heterocycles. The maximum atomic E-state index is 11.5. The number of rotatable bonds is 4. The molecule has 1 fully saturated rings. The van der Waals surface area contributed by atoms with Crippen molar-refractivity contribution in [3.05, 3.63) is 0 Å². The highest BCUT2D eigenvalue weighted by molar-refractivity contribution is 6.37. The lowest BCUT2D eigenvalue weighted by Crippen LogP contribution is -2.67. The topological polar surface area (TPSA) is 87.8 Å². The molecule has 0 spiro atoms. The van der Waals surface area contributed by atoms with Gasteiger partial charge in [0.15, 0.2) is 6.04 Å². The quantitative estimate of drug-likeness (QED) is 0.535. The van der Waals surface area contributed by atoms with E-state index in [1.807, 2.05) is 0 Å². The fourth-order valence-corrected chi connectivity index (χ4v) is 0.609. The summed E-state index contributed by atoms with van der Waals surface area (Å²) in [5, 5.41) is 0. The first-order valence-corrected chi connectivity index (χ1v) is 3.18. The van der Waals surface area contributed by atoms with E-state index in [4.69, 9.17) is 18.1 Å². The fourth-order valence-electron chi connectivity index (χ4n) is 0.609. The van der Waals surface area contributed by atoms with E-state index in [2.05, 4.69) is 5.73 Å². The first-order valence-electron chi connectivity index (χ1n) is 7.68. The third-order valence-electron chi connectivity index (χ3n) is 1.25. The SMILES string of the molecule is [2H]C([2H])(C([NH3+])C(=O)C(N)=O)C1([2H])C([2H])([2H])C([2H])([2H])C1([2H])[2H]. The van der Waals surface area contributed by atoms with Crippen molar-refractivity contribution in [2.75, 3.05) is 0 Å². The van der Waals surface area contributed by atoms with Gasteiger partial charge in [0.1, 0.15) is 0 Å². The molecule has 1 amide bonds. The minimum absolute atomic E-state index is 1.52. The molecule has 0 aliphatic heterocycles. The smallest absolute Gasteiger partial charge is 0.291 e. The lowest BCUT2D eigenvalue weighted by atomic mass is 9.80. The summed E-state index contributed by atoms with van der Waals surface area (Å²) >= 11 is 0. The van der Waals surface area contributed by atoms with Crippen molar-refractivity contribution in [2.45, 2.75) is 31.5 Å². The molecule has 1 aliphatic rings. The summed E-state index contributed by atoms with van der Waals surface area (Å²) < 4.78 is 68.3. The first-order chi connectivity index (χ1) is 9.01. The Bertz CT molecular complexity index is 486. The minimum Gasteiger partial charge on any atom is -0.363 e. The summed E-state index contributed by atoms with van der Waals surface area (Å²) in [4.78, 5) is 22.3. The standard InChI is InChI=1S/C8H14N2O2/c9-6(7(11)8(10)12)4-5-2-1-3-5/h5-6H,1-4,9H2,(H2,10,12)/p+1/i1D2,2D2,3D2,4D2,5D. The fraction of sp³-hybridized carbons (Fsp3) is 0.750. The van der Waals surface area contributed by atoms with Gasteiger partial charge in [-0.1, -0.05) is 19.1 Å². The van der Waals surface area contributed by atoms with Crippen molar-refractivity contribution in [1.29, 1.82) is 0 Å². The van der Waals surface area contributed by atoms with Crippen LogP contribution in [0.4, 0.5) is 0 Å². The van der Waals surface area contributed by atoms with E-state index in [1.54, 1.807) is 0 Å². The van der Waals surface area contributed by atoms with E-state index in [1.165, 1.54) is 0 Å². The number of hydrogen-bond donors (Lipinski definition) is 2. The second kappa shape index (κ2) is 3.67. The molecular formula is C8H15N2O2+. The Hall–Kier alpha value is -0.900. The molecular weight excluding hydrogens is 156 g/mol. The van der Waals surface area contributed by atoms with Gasteiger partial charge >= 0.3 is 0 Å². The van der Waals surface area contributed by atoms with Gasteiger partial charge in [-0.05, 0) is 5.89 Å². The van der Waals surface area contributed by atoms with Crippen LogP contribution in [0.5, 0.6) is 0 Å². The van der Waals surface area contributed by atoms with Crippen LogP contribution in [0.2, 0.25) is 0 Å². The molecule has 1 rings (SSSR count). The van der Waals surface area contributed by atoms with Gasteiger partial charge in [0, 0.05) is 18.7 Å². The predicted molar refractivity (Wildman–Crippen MR) is 42.8 cm³/mol. The van der Waals surface area contributed by atoms with Crippen LogP contribution in [0, 0.1) is 5.89 Å². The third-order valence-corrected chi connectivity index (χ3v) is 1.25. The zero-order chi connectivity index (χ0) is 17.2. The van der Waals surface area contributed by atoms with E-state index in [0.29, 0.717) is 0 Å². The third kappa shape index (κ3) is 2.04. The van der Waals surface area contributed by atoms with Crippen molar-refractivity contribution < 1.29 is 27.7 Å². The molecule has 0 bridgehead atoms. The second-order valence-corrected chi connectivity index (χ2v) is 2.18. The molecule has 0 saturated heterocycles. The molecule has 0 aromatic rings. The number of nitrogens with two attached hydrogens (primary N) is 1. The summed E-state index contributed by atoms with van der Waals surface area (Å²) in [7, 11) is 0. The van der Waals surface area contributed by atoms with Crippen LogP contribution in [-0.4, -0.2) is 17.7 Å². The van der Waals surface area contributed by atoms with E-state index in [-0.39, 0.29) is 0 Å². The Morgan fingerprint density at radius 1 is 1.83 bits per heavy atom. The molecule has 1 aliphatic carbocycles. The van der Waals surface area contributed by atoms with Gasteiger partial charge in [-0.15, -0.1) is 0 Å². The zero-order valence-corrected chi connectivity index (χ0v) is 6.18. The van der Waals surface area contributed by atoms with Gasteiger partial charge in [-0.25, -0.2) is 0 Å². The highest BCUT2D eigenvalue weighted by Crippen LogP contribution is 2.29. The summed E-state index contributed by atoms with van der Waals surface area (Å²) in [6.45, 7) is 0. The molecule has 1 atom stereocenters. The van der Waals surface area contributed by atoms with Gasteiger partial charge in [-0.3, -0.25) is 9.59 Å². The Balaban J connectivity index is 3.43. The van der Waals surface area contributed by atoms with Crippen LogP contribution < -0.4 is 11.5 Å². The lowest BCUT2D eigenvalue weighted by molar-refractivity contribution is -0.406. The highest BCUT2D eigenvalue weighted by atomic mass is 16.2. The number of Topliss-reactive ketones (excluding diaryl/α,β-unsaturated/α-hetero) is 1. The van der Waals surface area contributed by atoms with Crippen LogP contribution in [0.25, 0.3) is 0 Å². The Labute approximate surface area is 83.9 Å². The average Bonchev–Trinajstić information content (AvgIpc) is 2.33. The van der Waals surface area contributed by atoms with Crippen molar-refractivity contribution in [1.82, 2.24) is 0 Å². The van der Waals surface area contributed by atoms with Gasteiger partial charge < -0.3 is 11.5 Å². The van der Waals surface area contributed by atoms with Crippen LogP contribution in [-0.2, 0) is 9.59 Å². The summed E-state index contributed by atoms with van der Waals surface area (Å²) in [6.07, 6.45) is -12.9. The van der Waals surface area contributed by atoms with E-state index < -0.39 is 49.1 Å². The van der Waals surface area contributed by atoms with Crippen LogP contribution in [0.15, 0.2) is 0 Å². The maximum Gasteiger partial charge on any atom is 0.291 e. The van der Waals surface area contributed by atoms with E-state index in [9.17, 15) is 9.59 Å². The Kier molecular flexibility index (Phi) is 0.857. The van der Waals surface area contributed by atoms with Gasteiger partial charge in [0.25, 0.3) is 11.7 Å². The summed E-state index contributed by atoms with van der Waals surface area (Å²) in [5.74, 6) is -6.36. The van der Waals surface area contributed by atoms with Gasteiger partial charge in [-0.2, -0.15) is 0 Å². The molecule has 68 valence electrons. The largest absolute Gasteiger partial charge is 0.363 e. The number of quaternary nitrogens is 1. The molecule has 1 saturated carbocycles. The van der Waals surface area contributed by atoms with Crippen molar-refractivity contribution in [2.24, 2.45) is 11.6 Å². The number of ketones is 1. The second-order valence-electron chi connectivity index (χ2n) is 2.18. The van der Waals surface area contributed by atoms with Gasteiger partial charge in [0.2, 0.25) is 0 Å². The zero-order valence-electron chi connectivity index (χ0n) is 15.2. The molecule has 0 radical (unpaired) electrons. The minimum atomic E-state index is -3.28. The highest BCUT2D eigenvalue weighted by Gasteiger charge is 2.28. The predicted octanol–water partition coefficient (Wildman–Crippen LogP) is -1.16. The number of primary amides is 1. The van der Waals surface area contributed by atoms with E-state index >= 15 is 0 Å². The van der Waals surface area contributed by atoms with Crippen molar-refractivity contribution in [3.63, 3.8) is 0 Å². The average molecular weight is 180 g/mol. The number of carbonyl (C=O) groups is 2. The Morgan fingerprint density at radius 2 is 2.42 bits per heavy atom. The molecule has 5 N–H and O–H groups in total. The van der Waals surface area contributed by atoms with Crippen LogP contribution >= 0.6 is 0 Å². The maximum absolute atomic E-state index is 11.5. The number of hydrogen-bond acceptors (Lipinski definition) is 2. The number of carbonyl (C=O) groups excluding carboxylic acids is 2. The van der Waals surface area contributed by atoms with Crippen molar-refractivity contribution in [3.8, 4) is 0 Å². The van der Waals surface area contributed by atoms with Gasteiger partial charge in [0.05, 0.1) is 0 Å². The molecule has 0 heterocycles. The molecule has 12 heavy (non-hydrogen) atoms. The van der Waals surface area contributed by atoms with E-state index in [0.717, 1.165) is 0 Å².